The fourth-order valence-corrected chi connectivity index (χ4v) is 5.53. The van der Waals surface area contributed by atoms with E-state index in [1.807, 2.05) is 4.68 Å². The molecule has 0 spiro atoms. The van der Waals surface area contributed by atoms with Crippen molar-refractivity contribution >= 4 is 11.8 Å². The van der Waals surface area contributed by atoms with Gasteiger partial charge >= 0.3 is 0 Å². The Labute approximate surface area is 167 Å². The third-order valence-electron chi connectivity index (χ3n) is 6.62. The van der Waals surface area contributed by atoms with Crippen molar-refractivity contribution in [3.63, 3.8) is 0 Å². The van der Waals surface area contributed by atoms with Crippen LogP contribution in [0.2, 0.25) is 0 Å². The third-order valence-corrected chi connectivity index (χ3v) is 7.49. The van der Waals surface area contributed by atoms with Gasteiger partial charge in [0.25, 0.3) is 0 Å². The summed E-state index contributed by atoms with van der Waals surface area (Å²) in [7, 11) is 0. The lowest BCUT2D eigenvalue weighted by Gasteiger charge is -2.43. The number of aromatic nitrogens is 3. The summed E-state index contributed by atoms with van der Waals surface area (Å²) >= 11 is 1.68. The van der Waals surface area contributed by atoms with E-state index < -0.39 is 5.60 Å². The Balaban J connectivity index is 1.99. The largest absolute Gasteiger partial charge is 0.387 e. The summed E-state index contributed by atoms with van der Waals surface area (Å²) in [6, 6.07) is 8.64. The molecule has 27 heavy (non-hydrogen) atoms. The summed E-state index contributed by atoms with van der Waals surface area (Å²) in [6.45, 7) is 11.5. The lowest BCUT2D eigenvalue weighted by Crippen LogP contribution is -2.50. The summed E-state index contributed by atoms with van der Waals surface area (Å²) in [5, 5.41) is 17.4. The zero-order chi connectivity index (χ0) is 19.7. The quantitative estimate of drug-likeness (QED) is 0.675. The molecule has 0 amide bonds. The van der Waals surface area contributed by atoms with Crippen LogP contribution in [-0.2, 0) is 6.54 Å². The molecule has 5 heteroatoms. The van der Waals surface area contributed by atoms with Gasteiger partial charge in [0.05, 0.1) is 12.1 Å². The van der Waals surface area contributed by atoms with Crippen molar-refractivity contribution in [2.45, 2.75) is 77.1 Å². The maximum absolute atomic E-state index is 12.1. The Morgan fingerprint density at radius 1 is 1.30 bits per heavy atom. The molecule has 1 aromatic heterocycles. The lowest BCUT2D eigenvalue weighted by molar-refractivity contribution is -0.0992. The number of rotatable bonds is 7. The summed E-state index contributed by atoms with van der Waals surface area (Å²) in [6.07, 6.45) is 4.71. The first-order chi connectivity index (χ1) is 12.8. The molecular formula is C22H33N3OS. The van der Waals surface area contributed by atoms with Gasteiger partial charge in [-0.05, 0) is 60.3 Å². The normalized spacial score (nSPS) is 25.6. The Hall–Kier alpha value is -1.33. The van der Waals surface area contributed by atoms with Gasteiger partial charge in [-0.15, -0.1) is 0 Å². The fraction of sp³-hybridized carbons (Fsp3) is 0.636. The van der Waals surface area contributed by atoms with E-state index in [2.05, 4.69) is 69.0 Å². The summed E-state index contributed by atoms with van der Waals surface area (Å²) in [5.41, 5.74) is 1.72. The zero-order valence-corrected chi connectivity index (χ0v) is 18.1. The van der Waals surface area contributed by atoms with Crippen LogP contribution in [0.4, 0.5) is 0 Å². The molecule has 1 saturated carbocycles. The molecule has 1 aromatic carbocycles. The predicted octanol–water partition coefficient (Wildman–Crippen LogP) is 5.06. The van der Waals surface area contributed by atoms with Gasteiger partial charge in [0.15, 0.2) is 5.16 Å². The molecule has 3 atom stereocenters. The molecule has 0 bridgehead atoms. The van der Waals surface area contributed by atoms with Crippen LogP contribution in [0.25, 0.3) is 0 Å². The van der Waals surface area contributed by atoms with Crippen LogP contribution in [0.5, 0.6) is 0 Å². The van der Waals surface area contributed by atoms with Gasteiger partial charge in [0, 0.05) is 0 Å². The van der Waals surface area contributed by atoms with Crippen LogP contribution in [0.3, 0.4) is 0 Å². The minimum atomic E-state index is -0.813. The van der Waals surface area contributed by atoms with Crippen molar-refractivity contribution in [1.29, 1.82) is 0 Å². The van der Waals surface area contributed by atoms with Gasteiger partial charge in [-0.3, -0.25) is 0 Å². The van der Waals surface area contributed by atoms with Crippen LogP contribution in [0.15, 0.2) is 35.7 Å². The maximum atomic E-state index is 12.1. The standard InChI is InChI=1S/C22H33N3OS/c1-6-17(18-11-9-8-10-16(18)3)19-12-13-21(4,5)22(19,26)14-25-20(27-7-2)23-15-24-25/h8-11,15,17,19,26H,6-7,12-14H2,1-5H3. The van der Waals surface area contributed by atoms with Crippen LogP contribution in [0, 0.1) is 18.3 Å². The summed E-state index contributed by atoms with van der Waals surface area (Å²) in [5.74, 6) is 1.51. The molecule has 2 aromatic rings. The van der Waals surface area contributed by atoms with Gasteiger partial charge < -0.3 is 5.11 Å². The zero-order valence-electron chi connectivity index (χ0n) is 17.3. The number of nitrogens with zero attached hydrogens (tertiary/aromatic N) is 3. The second-order valence-corrected chi connectivity index (χ2v) is 9.69. The van der Waals surface area contributed by atoms with E-state index in [0.717, 1.165) is 30.2 Å². The van der Waals surface area contributed by atoms with E-state index >= 15 is 0 Å². The number of aryl methyl sites for hydroxylation is 1. The molecule has 0 saturated heterocycles. The van der Waals surface area contributed by atoms with Gasteiger partial charge in [-0.25, -0.2) is 9.67 Å². The van der Waals surface area contributed by atoms with E-state index in [0.29, 0.717) is 12.5 Å². The highest BCUT2D eigenvalue weighted by Crippen LogP contribution is 2.56. The van der Waals surface area contributed by atoms with Crippen LogP contribution >= 0.6 is 11.8 Å². The van der Waals surface area contributed by atoms with Crippen molar-refractivity contribution in [3.05, 3.63) is 41.7 Å². The smallest absolute Gasteiger partial charge is 0.186 e. The lowest BCUT2D eigenvalue weighted by atomic mass is 9.68. The van der Waals surface area contributed by atoms with Gasteiger partial charge in [0.2, 0.25) is 0 Å². The molecule has 1 N–H and O–H groups in total. The Morgan fingerprint density at radius 2 is 2.04 bits per heavy atom. The van der Waals surface area contributed by atoms with Gasteiger partial charge in [-0.2, -0.15) is 5.10 Å². The Bertz CT molecular complexity index is 772. The van der Waals surface area contributed by atoms with Crippen molar-refractivity contribution < 1.29 is 5.11 Å². The molecule has 1 heterocycles. The van der Waals surface area contributed by atoms with Crippen LogP contribution in [0.1, 0.15) is 64.0 Å². The highest BCUT2D eigenvalue weighted by Gasteiger charge is 2.56. The molecule has 148 valence electrons. The first kappa shape index (κ1) is 20.4. The van der Waals surface area contributed by atoms with Crippen molar-refractivity contribution in [3.8, 4) is 0 Å². The van der Waals surface area contributed by atoms with Crippen LogP contribution in [-0.4, -0.2) is 31.2 Å². The van der Waals surface area contributed by atoms with Crippen molar-refractivity contribution in [2.24, 2.45) is 11.3 Å². The first-order valence-electron chi connectivity index (χ1n) is 10.1. The SMILES string of the molecule is CCSc1ncnn1CC1(O)C(C(CC)c2ccccc2C)CCC1(C)C. The topological polar surface area (TPSA) is 50.9 Å². The molecule has 0 radical (unpaired) electrons. The molecule has 3 unspecified atom stereocenters. The van der Waals surface area contributed by atoms with Crippen LogP contribution < -0.4 is 0 Å². The minimum Gasteiger partial charge on any atom is -0.387 e. The Kier molecular flexibility index (Phi) is 6.02. The van der Waals surface area contributed by atoms with E-state index in [1.165, 1.54) is 11.1 Å². The molecule has 0 aliphatic heterocycles. The molecule has 4 nitrogen and oxygen atoms in total. The predicted molar refractivity (Wildman–Crippen MR) is 112 cm³/mol. The summed E-state index contributed by atoms with van der Waals surface area (Å²) < 4.78 is 1.92. The fourth-order valence-electron chi connectivity index (χ4n) is 4.89. The highest BCUT2D eigenvalue weighted by molar-refractivity contribution is 7.99. The second-order valence-electron chi connectivity index (χ2n) is 8.46. The van der Waals surface area contributed by atoms with E-state index in [4.69, 9.17) is 0 Å². The average Bonchev–Trinajstić information content (AvgIpc) is 3.15. The number of hydrogen-bond acceptors (Lipinski definition) is 4. The average molecular weight is 388 g/mol. The monoisotopic (exact) mass is 387 g/mol. The van der Waals surface area contributed by atoms with Gasteiger partial charge in [0.1, 0.15) is 6.33 Å². The minimum absolute atomic E-state index is 0.159. The first-order valence-corrected chi connectivity index (χ1v) is 11.1. The molecule has 1 aliphatic carbocycles. The maximum Gasteiger partial charge on any atom is 0.186 e. The summed E-state index contributed by atoms with van der Waals surface area (Å²) in [4.78, 5) is 4.39. The van der Waals surface area contributed by atoms with Crippen molar-refractivity contribution in [2.75, 3.05) is 5.75 Å². The Morgan fingerprint density at radius 3 is 2.70 bits per heavy atom. The van der Waals surface area contributed by atoms with E-state index in [9.17, 15) is 5.11 Å². The number of thioether (sulfide) groups is 1. The molecular weight excluding hydrogens is 354 g/mol. The van der Waals surface area contributed by atoms with Gasteiger partial charge in [-0.1, -0.05) is 63.7 Å². The van der Waals surface area contributed by atoms with E-state index in [-0.39, 0.29) is 11.3 Å². The van der Waals surface area contributed by atoms with E-state index in [1.54, 1.807) is 18.1 Å². The second kappa shape index (κ2) is 7.96. The number of aliphatic hydroxyl groups is 1. The molecule has 1 aliphatic rings. The highest BCUT2D eigenvalue weighted by atomic mass is 32.2. The molecule has 3 rings (SSSR count). The van der Waals surface area contributed by atoms with Crippen molar-refractivity contribution in [1.82, 2.24) is 14.8 Å². The molecule has 1 fully saturated rings. The number of hydrogen-bond donors (Lipinski definition) is 1. The third kappa shape index (κ3) is 3.68. The number of benzene rings is 1.